The van der Waals surface area contributed by atoms with Gasteiger partial charge in [0.05, 0.1) is 14.1 Å². The predicted octanol–water partition coefficient (Wildman–Crippen LogP) is 2.74. The van der Waals surface area contributed by atoms with Crippen molar-refractivity contribution >= 4 is 5.97 Å². The summed E-state index contributed by atoms with van der Waals surface area (Å²) in [5, 5.41) is 19.3. The number of aliphatic hydroxyl groups is 1. The Morgan fingerprint density at radius 2 is 1.71 bits per heavy atom. The average molecular weight is 338 g/mol. The van der Waals surface area contributed by atoms with Gasteiger partial charge in [-0.3, -0.25) is 0 Å². The summed E-state index contributed by atoms with van der Waals surface area (Å²) in [6.07, 6.45) is 5.37. The number of unbranched alkanes of at least 4 members (excludes halogenated alkanes) is 4. The number of carbonyl (C=O) groups is 1. The minimum absolute atomic E-state index is 0.226. The molecule has 1 N–H and O–H groups in total. The van der Waals surface area contributed by atoms with Crippen LogP contribution in [0.2, 0.25) is 0 Å². The van der Waals surface area contributed by atoms with Crippen LogP contribution in [0.4, 0.5) is 0 Å². The van der Waals surface area contributed by atoms with Crippen LogP contribution in [0, 0.1) is 0 Å². The maximum absolute atomic E-state index is 9.92. The predicted molar refractivity (Wildman–Crippen MR) is 97.2 cm³/mol. The van der Waals surface area contributed by atoms with Gasteiger partial charge in [0.15, 0.2) is 0 Å². The Hall–Kier alpha value is -1.39. The first kappa shape index (κ1) is 22.6. The van der Waals surface area contributed by atoms with Crippen LogP contribution in [0.25, 0.3) is 0 Å². The van der Waals surface area contributed by atoms with Crippen molar-refractivity contribution in [3.63, 3.8) is 0 Å². The molecule has 0 fully saturated rings. The summed E-state index contributed by atoms with van der Waals surface area (Å²) in [4.78, 5) is 9.92. The molecule has 0 spiro atoms. The number of carboxylic acid groups (broad SMARTS) is 1. The van der Waals surface area contributed by atoms with Crippen molar-refractivity contribution in [1.29, 1.82) is 0 Å². The van der Waals surface area contributed by atoms with Crippen LogP contribution in [0.5, 0.6) is 0 Å². The molecule has 1 aromatic carbocycles. The standard InChI is InChI=1S/C12H20NO.C8H16O2/c1-11(14)9-13(2,3)10-12-7-5-4-6-8-12;1-2-3-4-5-6-7-8(9)10/h4-8,11,14H,9-10H2,1-3H3;2-7H2,1H3,(H,9,10)/q+1;/p-1. The highest BCUT2D eigenvalue weighted by molar-refractivity contribution is 5.63. The molecule has 1 rings (SSSR count). The Labute approximate surface area is 147 Å². The Balaban J connectivity index is 0.000000470. The lowest BCUT2D eigenvalue weighted by Crippen LogP contribution is -2.43. The molecule has 0 aliphatic heterocycles. The minimum atomic E-state index is -0.920. The van der Waals surface area contributed by atoms with E-state index in [1.165, 1.54) is 18.4 Å². The summed E-state index contributed by atoms with van der Waals surface area (Å²) in [6.45, 7) is 5.73. The van der Waals surface area contributed by atoms with Gasteiger partial charge in [-0.1, -0.05) is 62.9 Å². The topological polar surface area (TPSA) is 60.4 Å². The third-order valence-corrected chi connectivity index (χ3v) is 3.70. The summed E-state index contributed by atoms with van der Waals surface area (Å²) in [5.74, 6) is -0.920. The van der Waals surface area contributed by atoms with E-state index < -0.39 is 5.97 Å². The highest BCUT2D eigenvalue weighted by Crippen LogP contribution is 2.09. The number of benzene rings is 1. The van der Waals surface area contributed by atoms with Crippen molar-refractivity contribution in [2.24, 2.45) is 0 Å². The second-order valence-electron chi connectivity index (χ2n) is 7.15. The van der Waals surface area contributed by atoms with Gasteiger partial charge in [-0.25, -0.2) is 0 Å². The fourth-order valence-corrected chi connectivity index (χ4v) is 2.73. The van der Waals surface area contributed by atoms with E-state index in [0.717, 1.165) is 36.8 Å². The van der Waals surface area contributed by atoms with Crippen LogP contribution < -0.4 is 5.11 Å². The Kier molecular flexibility index (Phi) is 12.2. The van der Waals surface area contributed by atoms with Gasteiger partial charge < -0.3 is 19.5 Å². The molecule has 0 aromatic heterocycles. The molecule has 138 valence electrons. The second-order valence-corrected chi connectivity index (χ2v) is 7.15. The summed E-state index contributed by atoms with van der Waals surface area (Å²) >= 11 is 0. The molecule has 0 radical (unpaired) electrons. The van der Waals surface area contributed by atoms with Gasteiger partial charge in [0.25, 0.3) is 0 Å². The highest BCUT2D eigenvalue weighted by atomic mass is 16.4. The van der Waals surface area contributed by atoms with Crippen molar-refractivity contribution in [3.05, 3.63) is 35.9 Å². The van der Waals surface area contributed by atoms with Crippen molar-refractivity contribution in [2.75, 3.05) is 20.6 Å². The zero-order valence-electron chi connectivity index (χ0n) is 15.8. The van der Waals surface area contributed by atoms with Gasteiger partial charge in [0, 0.05) is 11.5 Å². The van der Waals surface area contributed by atoms with E-state index in [9.17, 15) is 15.0 Å². The first-order valence-corrected chi connectivity index (χ1v) is 9.00. The van der Waals surface area contributed by atoms with E-state index in [0.29, 0.717) is 0 Å². The maximum Gasteiger partial charge on any atom is 0.105 e. The van der Waals surface area contributed by atoms with E-state index in [4.69, 9.17) is 0 Å². The van der Waals surface area contributed by atoms with Crippen molar-refractivity contribution in [3.8, 4) is 0 Å². The second kappa shape index (κ2) is 13.0. The minimum Gasteiger partial charge on any atom is -0.550 e. The van der Waals surface area contributed by atoms with Crippen LogP contribution in [0.3, 0.4) is 0 Å². The molecular weight excluding hydrogens is 302 g/mol. The number of hydrogen-bond acceptors (Lipinski definition) is 3. The zero-order chi connectivity index (χ0) is 18.4. The molecule has 4 heteroatoms. The van der Waals surface area contributed by atoms with Gasteiger partial charge in [0.2, 0.25) is 0 Å². The summed E-state index contributed by atoms with van der Waals surface area (Å²) in [6, 6.07) is 10.4. The number of carboxylic acids is 1. The molecule has 24 heavy (non-hydrogen) atoms. The molecule has 0 saturated carbocycles. The van der Waals surface area contributed by atoms with Crippen LogP contribution in [0.15, 0.2) is 30.3 Å². The average Bonchev–Trinajstić information content (AvgIpc) is 2.46. The number of aliphatic hydroxyl groups excluding tert-OH is 1. The molecule has 4 nitrogen and oxygen atoms in total. The molecule has 0 amide bonds. The summed E-state index contributed by atoms with van der Waals surface area (Å²) < 4.78 is 0.821. The van der Waals surface area contributed by atoms with E-state index in [1.807, 2.05) is 13.0 Å². The zero-order valence-corrected chi connectivity index (χ0v) is 15.8. The van der Waals surface area contributed by atoms with Crippen molar-refractivity contribution < 1.29 is 19.5 Å². The number of nitrogens with zero attached hydrogens (tertiary/aromatic N) is 1. The lowest BCUT2D eigenvalue weighted by molar-refractivity contribution is -0.906. The fraction of sp³-hybridized carbons (Fsp3) is 0.650. The number of rotatable bonds is 10. The molecule has 0 aliphatic carbocycles. The van der Waals surface area contributed by atoms with Crippen molar-refractivity contribution in [1.82, 2.24) is 0 Å². The highest BCUT2D eigenvalue weighted by Gasteiger charge is 2.17. The molecule has 0 aliphatic rings. The first-order chi connectivity index (χ1) is 11.3. The van der Waals surface area contributed by atoms with Gasteiger partial charge in [0.1, 0.15) is 19.2 Å². The normalized spacial score (nSPS) is 12.2. The van der Waals surface area contributed by atoms with E-state index in [1.54, 1.807) is 0 Å². The number of likely N-dealkylation sites (N-methyl/N-ethyl adjacent to an activating group) is 1. The van der Waals surface area contributed by atoms with E-state index in [2.05, 4.69) is 45.3 Å². The van der Waals surface area contributed by atoms with Crippen LogP contribution in [0.1, 0.15) is 57.9 Å². The Bertz CT molecular complexity index is 430. The van der Waals surface area contributed by atoms with E-state index >= 15 is 0 Å². The lowest BCUT2D eigenvalue weighted by atomic mass is 10.1. The molecule has 0 bridgehead atoms. The van der Waals surface area contributed by atoms with Gasteiger partial charge in [-0.15, -0.1) is 0 Å². The number of hydrogen-bond donors (Lipinski definition) is 1. The summed E-state index contributed by atoms with van der Waals surface area (Å²) in [5.41, 5.74) is 1.32. The maximum atomic E-state index is 9.92. The van der Waals surface area contributed by atoms with Crippen molar-refractivity contribution in [2.45, 2.75) is 65.0 Å². The number of aliphatic carboxylic acids is 1. The number of quaternary nitrogens is 1. The van der Waals surface area contributed by atoms with Gasteiger partial charge in [-0.05, 0) is 19.8 Å². The molecule has 1 atom stereocenters. The van der Waals surface area contributed by atoms with Crippen LogP contribution in [-0.2, 0) is 11.3 Å². The smallest absolute Gasteiger partial charge is 0.105 e. The molecular formula is C20H35NO3. The van der Waals surface area contributed by atoms with Crippen LogP contribution >= 0.6 is 0 Å². The molecule has 1 unspecified atom stereocenters. The lowest BCUT2D eigenvalue weighted by Gasteiger charge is -2.31. The van der Waals surface area contributed by atoms with Gasteiger partial charge in [-0.2, -0.15) is 0 Å². The first-order valence-electron chi connectivity index (χ1n) is 9.00. The quantitative estimate of drug-likeness (QED) is 0.527. The Morgan fingerprint density at radius 1 is 1.12 bits per heavy atom. The Morgan fingerprint density at radius 3 is 2.21 bits per heavy atom. The van der Waals surface area contributed by atoms with Gasteiger partial charge >= 0.3 is 0 Å². The summed E-state index contributed by atoms with van der Waals surface area (Å²) in [7, 11) is 4.28. The monoisotopic (exact) mass is 337 g/mol. The molecule has 1 aromatic rings. The molecule has 0 heterocycles. The van der Waals surface area contributed by atoms with E-state index in [-0.39, 0.29) is 12.5 Å². The fourth-order valence-electron chi connectivity index (χ4n) is 2.73. The molecule has 0 saturated heterocycles. The SMILES string of the molecule is CC(O)C[N+](C)(C)Cc1ccccc1.CCCCCCCC(=O)[O-]. The third-order valence-electron chi connectivity index (χ3n) is 3.70. The van der Waals surface area contributed by atoms with Crippen LogP contribution in [-0.4, -0.2) is 42.3 Å². The number of carbonyl (C=O) groups excluding carboxylic acids is 1. The largest absolute Gasteiger partial charge is 0.550 e. The third kappa shape index (κ3) is 14.2.